The first-order chi connectivity index (χ1) is 18.0. The molecule has 0 spiro atoms. The van der Waals surface area contributed by atoms with Crippen LogP contribution in [-0.2, 0) is 6.54 Å². The maximum atomic E-state index is 15.2. The van der Waals surface area contributed by atoms with Crippen LogP contribution < -0.4 is 10.3 Å². The number of fused-ring (bicyclic) bond motifs is 1. The second kappa shape index (κ2) is 10.6. The van der Waals surface area contributed by atoms with Crippen molar-refractivity contribution < 1.29 is 14.3 Å². The fraction of sp³-hybridized carbons (Fsp3) is 0.267. The molecule has 1 aliphatic heterocycles. The highest BCUT2D eigenvalue weighted by atomic mass is 35.5. The number of benzene rings is 3. The predicted octanol–water partition coefficient (Wildman–Crippen LogP) is 5.58. The average molecular weight is 534 g/mol. The molecule has 1 saturated carbocycles. The third-order valence-electron chi connectivity index (χ3n) is 7.45. The van der Waals surface area contributed by atoms with E-state index in [1.54, 1.807) is 6.07 Å². The molecule has 2 fully saturated rings. The molecule has 38 heavy (non-hydrogen) atoms. The number of aromatic carboxylic acids is 1. The number of hydrogen-bond acceptors (Lipinski definition) is 4. The summed E-state index contributed by atoms with van der Waals surface area (Å²) in [6.07, 6.45) is 3.27. The van der Waals surface area contributed by atoms with Crippen LogP contribution in [0.15, 0.2) is 77.7 Å². The summed E-state index contributed by atoms with van der Waals surface area (Å²) in [4.78, 5) is 28.7. The fourth-order valence-electron chi connectivity index (χ4n) is 5.25. The molecule has 2 aliphatic rings. The zero-order chi connectivity index (χ0) is 25.5. The molecule has 2 heterocycles. The summed E-state index contributed by atoms with van der Waals surface area (Å²) in [5.41, 5.74) is 3.77. The van der Waals surface area contributed by atoms with Crippen LogP contribution >= 0.6 is 12.4 Å². The number of carboxylic acids is 1. The van der Waals surface area contributed by atoms with E-state index >= 15 is 4.39 Å². The second-order valence-corrected chi connectivity index (χ2v) is 9.96. The number of hydrogen-bond donors (Lipinski definition) is 1. The van der Waals surface area contributed by atoms with Gasteiger partial charge in [-0.2, -0.15) is 0 Å². The van der Waals surface area contributed by atoms with Gasteiger partial charge in [0.25, 0.3) is 0 Å². The van der Waals surface area contributed by atoms with Gasteiger partial charge in [-0.05, 0) is 41.7 Å². The van der Waals surface area contributed by atoms with Crippen molar-refractivity contribution in [2.45, 2.75) is 25.4 Å². The van der Waals surface area contributed by atoms with Crippen LogP contribution in [0.1, 0.15) is 34.8 Å². The zero-order valence-corrected chi connectivity index (χ0v) is 21.7. The number of nitrogens with zero attached hydrogens (tertiary/aromatic N) is 3. The minimum atomic E-state index is -1.28. The molecule has 8 heteroatoms. The topological polar surface area (TPSA) is 65.8 Å². The summed E-state index contributed by atoms with van der Waals surface area (Å²) in [7, 11) is 0. The number of pyridine rings is 1. The smallest absolute Gasteiger partial charge is 0.341 e. The van der Waals surface area contributed by atoms with Crippen molar-refractivity contribution in [1.29, 1.82) is 0 Å². The van der Waals surface area contributed by atoms with Gasteiger partial charge in [0, 0.05) is 50.3 Å². The Balaban J connectivity index is 0.00000294. The van der Waals surface area contributed by atoms with Crippen LogP contribution in [0.4, 0.5) is 10.1 Å². The standard InChI is InChI=1S/C30H28FN3O3.ClH/c31-26-16-24-27(34(23-10-11-23)19-25(29(24)35)30(36)37)17-28(26)33-14-12-32(13-15-33)18-20-6-8-22(9-7-20)21-4-2-1-3-5-21;/h1-9,16-17,19,23H,10-15,18H2,(H,36,37);1H. The van der Waals surface area contributed by atoms with Gasteiger partial charge in [-0.15, -0.1) is 12.4 Å². The quantitative estimate of drug-likeness (QED) is 0.350. The van der Waals surface area contributed by atoms with Gasteiger partial charge < -0.3 is 14.6 Å². The Morgan fingerprint density at radius 2 is 1.58 bits per heavy atom. The minimum absolute atomic E-state index is 0. The summed E-state index contributed by atoms with van der Waals surface area (Å²) in [6, 6.07) is 22.1. The highest BCUT2D eigenvalue weighted by Gasteiger charge is 2.28. The molecule has 6 nitrogen and oxygen atoms in total. The first-order valence-corrected chi connectivity index (χ1v) is 12.7. The molecule has 4 aromatic rings. The lowest BCUT2D eigenvalue weighted by molar-refractivity contribution is 0.0695. The maximum absolute atomic E-state index is 15.2. The van der Waals surface area contributed by atoms with Gasteiger partial charge in [0.15, 0.2) is 0 Å². The van der Waals surface area contributed by atoms with E-state index < -0.39 is 17.2 Å². The summed E-state index contributed by atoms with van der Waals surface area (Å²) in [5.74, 6) is -1.77. The van der Waals surface area contributed by atoms with Crippen molar-refractivity contribution in [3.8, 4) is 11.1 Å². The number of halogens is 2. The molecule has 1 N–H and O–H groups in total. The van der Waals surface area contributed by atoms with E-state index in [2.05, 4.69) is 41.3 Å². The normalized spacial score (nSPS) is 15.9. The lowest BCUT2D eigenvalue weighted by atomic mass is 10.0. The first-order valence-electron chi connectivity index (χ1n) is 12.7. The molecule has 0 radical (unpaired) electrons. The molecule has 1 aliphatic carbocycles. The van der Waals surface area contributed by atoms with E-state index in [1.807, 2.05) is 27.7 Å². The third kappa shape index (κ3) is 5.04. The van der Waals surface area contributed by atoms with Gasteiger partial charge in [0.1, 0.15) is 11.4 Å². The molecule has 3 aromatic carbocycles. The van der Waals surface area contributed by atoms with Crippen molar-refractivity contribution in [2.24, 2.45) is 0 Å². The van der Waals surface area contributed by atoms with Crippen LogP contribution in [-0.4, -0.2) is 46.7 Å². The number of aromatic nitrogens is 1. The Hall–Kier alpha value is -3.68. The number of rotatable bonds is 6. The van der Waals surface area contributed by atoms with Crippen molar-refractivity contribution >= 4 is 35.0 Å². The molecular formula is C30H29ClFN3O3. The Bertz CT molecular complexity index is 1530. The lowest BCUT2D eigenvalue weighted by Gasteiger charge is -2.36. The molecule has 1 aromatic heterocycles. The van der Waals surface area contributed by atoms with Gasteiger partial charge in [-0.1, -0.05) is 54.6 Å². The van der Waals surface area contributed by atoms with E-state index in [-0.39, 0.29) is 29.4 Å². The molecule has 0 atom stereocenters. The molecule has 6 rings (SSSR count). The lowest BCUT2D eigenvalue weighted by Crippen LogP contribution is -2.46. The molecule has 0 unspecified atom stereocenters. The number of carboxylic acid groups (broad SMARTS) is 1. The Kier molecular flexibility index (Phi) is 7.23. The van der Waals surface area contributed by atoms with Gasteiger partial charge in [-0.25, -0.2) is 9.18 Å². The predicted molar refractivity (Wildman–Crippen MR) is 150 cm³/mol. The van der Waals surface area contributed by atoms with Crippen LogP contribution in [0.2, 0.25) is 0 Å². The summed E-state index contributed by atoms with van der Waals surface area (Å²) in [6.45, 7) is 3.77. The Morgan fingerprint density at radius 1 is 0.921 bits per heavy atom. The third-order valence-corrected chi connectivity index (χ3v) is 7.45. The molecule has 0 bridgehead atoms. The highest BCUT2D eigenvalue weighted by molar-refractivity contribution is 5.93. The average Bonchev–Trinajstić information content (AvgIpc) is 3.76. The number of carbonyl (C=O) groups is 1. The second-order valence-electron chi connectivity index (χ2n) is 9.96. The SMILES string of the molecule is Cl.O=C(O)c1cn(C2CC2)c2cc(N3CCN(Cc4ccc(-c5ccccc5)cc4)CC3)c(F)cc2c1=O. The van der Waals surface area contributed by atoms with E-state index in [0.29, 0.717) is 24.3 Å². The zero-order valence-electron chi connectivity index (χ0n) is 20.8. The summed E-state index contributed by atoms with van der Waals surface area (Å²) < 4.78 is 17.1. The van der Waals surface area contributed by atoms with Crippen molar-refractivity contribution in [3.05, 3.63) is 100 Å². The maximum Gasteiger partial charge on any atom is 0.341 e. The molecule has 1 saturated heterocycles. The summed E-state index contributed by atoms with van der Waals surface area (Å²) >= 11 is 0. The van der Waals surface area contributed by atoms with E-state index in [9.17, 15) is 14.7 Å². The number of anilines is 1. The fourth-order valence-corrected chi connectivity index (χ4v) is 5.25. The summed E-state index contributed by atoms with van der Waals surface area (Å²) in [5, 5.41) is 9.59. The van der Waals surface area contributed by atoms with E-state index in [0.717, 1.165) is 32.5 Å². The van der Waals surface area contributed by atoms with Crippen molar-refractivity contribution in [1.82, 2.24) is 9.47 Å². The minimum Gasteiger partial charge on any atom is -0.477 e. The Morgan fingerprint density at radius 3 is 2.21 bits per heavy atom. The molecular weight excluding hydrogens is 505 g/mol. The van der Waals surface area contributed by atoms with Crippen LogP contribution in [0.25, 0.3) is 22.0 Å². The van der Waals surface area contributed by atoms with E-state index in [4.69, 9.17) is 0 Å². The van der Waals surface area contributed by atoms with Gasteiger partial charge in [-0.3, -0.25) is 9.69 Å². The van der Waals surface area contributed by atoms with Crippen LogP contribution in [0.3, 0.4) is 0 Å². The van der Waals surface area contributed by atoms with E-state index in [1.165, 1.54) is 29.0 Å². The largest absolute Gasteiger partial charge is 0.477 e. The number of piperazine rings is 1. The van der Waals surface area contributed by atoms with Gasteiger partial charge in [0.05, 0.1) is 11.2 Å². The van der Waals surface area contributed by atoms with Gasteiger partial charge >= 0.3 is 5.97 Å². The van der Waals surface area contributed by atoms with Gasteiger partial charge in [0.2, 0.25) is 5.43 Å². The van der Waals surface area contributed by atoms with Crippen LogP contribution in [0.5, 0.6) is 0 Å². The molecule has 196 valence electrons. The highest BCUT2D eigenvalue weighted by Crippen LogP contribution is 2.38. The first kappa shape index (κ1) is 25.9. The van der Waals surface area contributed by atoms with Crippen molar-refractivity contribution in [2.75, 3.05) is 31.1 Å². The monoisotopic (exact) mass is 533 g/mol. The Labute approximate surface area is 226 Å². The van der Waals surface area contributed by atoms with Crippen molar-refractivity contribution in [3.63, 3.8) is 0 Å². The molecule has 0 amide bonds. The van der Waals surface area contributed by atoms with Crippen LogP contribution in [0, 0.1) is 5.82 Å².